The zero-order valence-corrected chi connectivity index (χ0v) is 25.5. The summed E-state index contributed by atoms with van der Waals surface area (Å²) in [6.45, 7) is 6.71. The van der Waals surface area contributed by atoms with Gasteiger partial charge in [-0.15, -0.1) is 0 Å². The van der Waals surface area contributed by atoms with Gasteiger partial charge in [0.05, 0.1) is 14.2 Å². The Bertz CT molecular complexity index is 1190. The fourth-order valence-electron chi connectivity index (χ4n) is 6.81. The third-order valence-electron chi connectivity index (χ3n) is 8.77. The lowest BCUT2D eigenvalue weighted by atomic mass is 9.68. The van der Waals surface area contributed by atoms with Crippen LogP contribution in [0.4, 0.5) is 0 Å². The van der Waals surface area contributed by atoms with Gasteiger partial charge in [0.25, 0.3) is 0 Å². The Labute approximate surface area is 247 Å². The van der Waals surface area contributed by atoms with Crippen LogP contribution in [0, 0.1) is 0 Å². The zero-order chi connectivity index (χ0) is 29.1. The summed E-state index contributed by atoms with van der Waals surface area (Å²) in [6, 6.07) is 26.9. The maximum Gasteiger partial charge on any atom is 0.216 e. The summed E-state index contributed by atoms with van der Waals surface area (Å²) in [5, 5.41) is 2.95. The van der Waals surface area contributed by atoms with Gasteiger partial charge < -0.3 is 14.8 Å². The molecule has 0 aromatic heterocycles. The Hall–Kier alpha value is -3.31. The summed E-state index contributed by atoms with van der Waals surface area (Å²) in [5.74, 6) is 1.64. The van der Waals surface area contributed by atoms with E-state index in [0.29, 0.717) is 6.04 Å². The molecule has 0 fully saturated rings. The number of methoxy groups -OCH3 is 2. The Kier molecular flexibility index (Phi) is 11.3. The highest BCUT2D eigenvalue weighted by Gasteiger charge is 2.34. The smallest absolute Gasteiger partial charge is 0.216 e. The van der Waals surface area contributed by atoms with Gasteiger partial charge in [0.15, 0.2) is 11.5 Å². The first kappa shape index (κ1) is 30.6. The molecule has 1 N–H and O–H groups in total. The van der Waals surface area contributed by atoms with E-state index in [1.807, 2.05) is 0 Å². The molecule has 0 radical (unpaired) electrons. The summed E-state index contributed by atoms with van der Waals surface area (Å²) < 4.78 is 11.3. The summed E-state index contributed by atoms with van der Waals surface area (Å²) in [7, 11) is 3.43. The van der Waals surface area contributed by atoms with Crippen LogP contribution in [0.3, 0.4) is 0 Å². The van der Waals surface area contributed by atoms with Gasteiger partial charge in [-0.05, 0) is 85.9 Å². The molecule has 3 aromatic carbocycles. The van der Waals surface area contributed by atoms with E-state index in [2.05, 4.69) is 89.9 Å². The van der Waals surface area contributed by atoms with Crippen LogP contribution in [0.1, 0.15) is 87.1 Å². The van der Waals surface area contributed by atoms with Crippen LogP contribution in [0.25, 0.3) is 0 Å². The van der Waals surface area contributed by atoms with Crippen molar-refractivity contribution in [2.75, 3.05) is 33.9 Å². The molecule has 0 saturated heterocycles. The molecule has 0 saturated carbocycles. The lowest BCUT2D eigenvalue weighted by molar-refractivity contribution is -0.118. The van der Waals surface area contributed by atoms with Gasteiger partial charge in [-0.25, -0.2) is 0 Å². The first-order valence-corrected chi connectivity index (χ1v) is 15.4. The molecular weight excluding hydrogens is 508 g/mol. The molecule has 220 valence electrons. The maximum absolute atomic E-state index is 11.4. The molecule has 3 aromatic rings. The number of ether oxygens (including phenoxy) is 2. The second-order valence-corrected chi connectivity index (χ2v) is 11.4. The predicted molar refractivity (Wildman–Crippen MR) is 168 cm³/mol. The molecule has 41 heavy (non-hydrogen) atoms. The maximum atomic E-state index is 11.4. The van der Waals surface area contributed by atoms with E-state index in [1.165, 1.54) is 22.3 Å². The van der Waals surface area contributed by atoms with Gasteiger partial charge in [-0.2, -0.15) is 0 Å². The first-order chi connectivity index (χ1) is 20.0. The van der Waals surface area contributed by atoms with E-state index < -0.39 is 0 Å². The molecule has 1 heterocycles. The van der Waals surface area contributed by atoms with Crippen molar-refractivity contribution in [2.45, 2.75) is 76.7 Å². The Balaban J connectivity index is 1.56. The Morgan fingerprint density at radius 1 is 0.902 bits per heavy atom. The number of hydrogen-bond acceptors (Lipinski definition) is 4. The normalized spacial score (nSPS) is 15.3. The highest BCUT2D eigenvalue weighted by atomic mass is 16.5. The van der Waals surface area contributed by atoms with Crippen molar-refractivity contribution >= 4 is 5.91 Å². The number of hydrogen-bond donors (Lipinski definition) is 1. The number of amides is 1. The van der Waals surface area contributed by atoms with Crippen molar-refractivity contribution in [1.82, 2.24) is 10.2 Å². The fraction of sp³-hybridized carbons (Fsp3) is 0.472. The van der Waals surface area contributed by atoms with Crippen LogP contribution in [0.5, 0.6) is 11.5 Å². The van der Waals surface area contributed by atoms with Crippen molar-refractivity contribution in [3.63, 3.8) is 0 Å². The SMILES string of the molecule is CCCC(CCCN1CCc2cc(OC)c(OC)cc2C1CCCCNC(C)=O)(c1ccccc1)c1ccccc1. The van der Waals surface area contributed by atoms with Crippen molar-refractivity contribution < 1.29 is 14.3 Å². The number of nitrogens with one attached hydrogen (secondary N) is 1. The molecule has 1 aliphatic heterocycles. The summed E-state index contributed by atoms with van der Waals surface area (Å²) in [6.07, 6.45) is 8.60. The number of fused-ring (bicyclic) bond motifs is 1. The average Bonchev–Trinajstić information content (AvgIpc) is 3.01. The second-order valence-electron chi connectivity index (χ2n) is 11.4. The monoisotopic (exact) mass is 556 g/mol. The second kappa shape index (κ2) is 15.1. The highest BCUT2D eigenvalue weighted by Crippen LogP contribution is 2.43. The molecule has 0 aliphatic carbocycles. The molecule has 0 bridgehead atoms. The van der Waals surface area contributed by atoms with Gasteiger partial charge in [0.1, 0.15) is 0 Å². The van der Waals surface area contributed by atoms with Crippen LogP contribution >= 0.6 is 0 Å². The van der Waals surface area contributed by atoms with Crippen LogP contribution in [-0.4, -0.2) is 44.7 Å². The summed E-state index contributed by atoms with van der Waals surface area (Å²) >= 11 is 0. The van der Waals surface area contributed by atoms with Crippen molar-refractivity contribution in [3.8, 4) is 11.5 Å². The van der Waals surface area contributed by atoms with E-state index in [-0.39, 0.29) is 11.3 Å². The van der Waals surface area contributed by atoms with E-state index >= 15 is 0 Å². The van der Waals surface area contributed by atoms with Crippen LogP contribution in [-0.2, 0) is 16.6 Å². The van der Waals surface area contributed by atoms with E-state index in [4.69, 9.17) is 9.47 Å². The quantitative estimate of drug-likeness (QED) is 0.197. The lowest BCUT2D eigenvalue weighted by Crippen LogP contribution is -2.37. The summed E-state index contributed by atoms with van der Waals surface area (Å²) in [4.78, 5) is 14.1. The molecule has 5 heteroatoms. The third kappa shape index (κ3) is 7.51. The number of nitrogens with zero attached hydrogens (tertiary/aromatic N) is 1. The predicted octanol–water partition coefficient (Wildman–Crippen LogP) is 7.48. The Morgan fingerprint density at radius 2 is 1.54 bits per heavy atom. The zero-order valence-electron chi connectivity index (χ0n) is 25.5. The van der Waals surface area contributed by atoms with Crippen LogP contribution < -0.4 is 14.8 Å². The summed E-state index contributed by atoms with van der Waals surface area (Å²) in [5.41, 5.74) is 5.57. The van der Waals surface area contributed by atoms with Crippen molar-refractivity contribution in [2.24, 2.45) is 0 Å². The number of carbonyl (C=O) groups excluding carboxylic acids is 1. The van der Waals surface area contributed by atoms with E-state index in [1.54, 1.807) is 21.1 Å². The van der Waals surface area contributed by atoms with E-state index in [9.17, 15) is 4.79 Å². The topological polar surface area (TPSA) is 50.8 Å². The van der Waals surface area contributed by atoms with E-state index in [0.717, 1.165) is 82.5 Å². The van der Waals surface area contributed by atoms with Crippen LogP contribution in [0.2, 0.25) is 0 Å². The standard InChI is InChI=1S/C36H48N2O3/c1-5-21-36(30-15-8-6-9-16-30,31-17-10-7-11-18-31)22-14-24-38-25-20-29-26-34(40-3)35(41-4)27-32(29)33(38)19-12-13-23-37-28(2)39/h6-11,15-18,26-27,33H,5,12-14,19-25H2,1-4H3,(H,37,39). The lowest BCUT2D eigenvalue weighted by Gasteiger charge is -2.40. The average molecular weight is 557 g/mol. The molecule has 1 atom stereocenters. The minimum absolute atomic E-state index is 0.00933. The number of rotatable bonds is 15. The Morgan fingerprint density at radius 3 is 2.12 bits per heavy atom. The highest BCUT2D eigenvalue weighted by molar-refractivity contribution is 5.72. The van der Waals surface area contributed by atoms with Crippen molar-refractivity contribution in [1.29, 1.82) is 0 Å². The minimum atomic E-state index is 0.00933. The largest absolute Gasteiger partial charge is 0.493 e. The number of unbranched alkanes of at least 4 members (excludes halogenated alkanes) is 1. The molecular formula is C36H48N2O3. The molecule has 0 spiro atoms. The third-order valence-corrected chi connectivity index (χ3v) is 8.77. The van der Waals surface area contributed by atoms with Gasteiger partial charge >= 0.3 is 0 Å². The molecule has 5 nitrogen and oxygen atoms in total. The number of carbonyl (C=O) groups is 1. The van der Waals surface area contributed by atoms with Crippen LogP contribution in [0.15, 0.2) is 72.8 Å². The fourth-order valence-corrected chi connectivity index (χ4v) is 6.81. The van der Waals surface area contributed by atoms with Gasteiger partial charge in [0.2, 0.25) is 5.91 Å². The molecule has 4 rings (SSSR count). The first-order valence-electron chi connectivity index (χ1n) is 15.4. The molecule has 1 unspecified atom stereocenters. The molecule has 1 aliphatic rings. The van der Waals surface area contributed by atoms with Gasteiger partial charge in [0, 0.05) is 31.5 Å². The van der Waals surface area contributed by atoms with Crippen molar-refractivity contribution in [3.05, 3.63) is 95.1 Å². The van der Waals surface area contributed by atoms with Gasteiger partial charge in [-0.3, -0.25) is 9.69 Å². The van der Waals surface area contributed by atoms with Gasteiger partial charge in [-0.1, -0.05) is 74.0 Å². The number of benzene rings is 3. The molecule has 1 amide bonds. The minimum Gasteiger partial charge on any atom is -0.493 e.